The third-order valence-corrected chi connectivity index (χ3v) is 0.387. The Hall–Kier alpha value is -0.120. The Morgan fingerprint density at radius 2 is 1.83 bits per heavy atom. The van der Waals surface area contributed by atoms with Gasteiger partial charge in [0.2, 0.25) is 0 Å². The Kier molecular flexibility index (Phi) is 1.05. The standard InChI is InChI=1S/C3H8O3/c1-2-3(4,5)6/h4-6H,2H2,1H3/i2D. The van der Waals surface area contributed by atoms with Gasteiger partial charge in [-0.2, -0.15) is 0 Å². The van der Waals surface area contributed by atoms with Crippen molar-refractivity contribution in [2.75, 3.05) is 0 Å². The third-order valence-electron chi connectivity index (χ3n) is 0.387. The molecule has 1 unspecified atom stereocenters. The maximum absolute atomic E-state index is 8.02. The predicted molar refractivity (Wildman–Crippen MR) is 19.7 cm³/mol. The van der Waals surface area contributed by atoms with E-state index >= 15 is 0 Å². The summed E-state index contributed by atoms with van der Waals surface area (Å²) in [7, 11) is 0. The summed E-state index contributed by atoms with van der Waals surface area (Å²) in [6.07, 6.45) is -1.28. The van der Waals surface area contributed by atoms with Crippen molar-refractivity contribution in [3.05, 3.63) is 0 Å². The van der Waals surface area contributed by atoms with Crippen LogP contribution in [0.25, 0.3) is 0 Å². The van der Waals surface area contributed by atoms with Crippen molar-refractivity contribution in [3.63, 3.8) is 0 Å². The summed E-state index contributed by atoms with van der Waals surface area (Å²) in [5.74, 6) is -2.83. The Bertz CT molecular complexity index is 55.7. The smallest absolute Gasteiger partial charge is 0.274 e. The van der Waals surface area contributed by atoms with E-state index < -0.39 is 12.4 Å². The van der Waals surface area contributed by atoms with Crippen molar-refractivity contribution >= 4 is 0 Å². The monoisotopic (exact) mass is 93.1 g/mol. The maximum Gasteiger partial charge on any atom is 0.274 e. The largest absolute Gasteiger partial charge is 0.344 e. The van der Waals surface area contributed by atoms with Crippen molar-refractivity contribution < 1.29 is 16.7 Å². The molecule has 0 fully saturated rings. The molecule has 38 valence electrons. The molecular weight excluding hydrogens is 84.0 g/mol. The summed E-state index contributed by atoms with van der Waals surface area (Å²) in [6.45, 7) is 1.17. The van der Waals surface area contributed by atoms with Gasteiger partial charge in [0.25, 0.3) is 5.97 Å². The predicted octanol–water partition coefficient (Wildman–Crippen LogP) is -0.973. The number of hydrogen-bond donors (Lipinski definition) is 3. The minimum absolute atomic E-state index is 1.17. The molecule has 0 amide bonds. The molecule has 0 aliphatic rings. The molecule has 6 heavy (non-hydrogen) atoms. The van der Waals surface area contributed by atoms with Crippen LogP contribution in [0.1, 0.15) is 14.7 Å². The molecule has 0 saturated heterocycles. The maximum atomic E-state index is 8.02. The zero-order chi connectivity index (χ0) is 6.08. The second kappa shape index (κ2) is 1.55. The van der Waals surface area contributed by atoms with Crippen LogP contribution >= 0.6 is 0 Å². The van der Waals surface area contributed by atoms with Gasteiger partial charge >= 0.3 is 0 Å². The molecule has 0 aromatic carbocycles. The van der Waals surface area contributed by atoms with Crippen LogP contribution in [0.2, 0.25) is 0 Å². The summed E-state index contributed by atoms with van der Waals surface area (Å²) in [4.78, 5) is 0. The van der Waals surface area contributed by atoms with E-state index in [1.807, 2.05) is 0 Å². The molecule has 0 aliphatic carbocycles. The van der Waals surface area contributed by atoms with E-state index in [0.717, 1.165) is 0 Å². The second-order valence-corrected chi connectivity index (χ2v) is 0.976. The molecule has 3 heteroatoms. The van der Waals surface area contributed by atoms with Gasteiger partial charge in [-0.15, -0.1) is 0 Å². The normalized spacial score (nSPS) is 19.7. The van der Waals surface area contributed by atoms with Gasteiger partial charge in [-0.3, -0.25) is 0 Å². The lowest BCUT2D eigenvalue weighted by atomic mass is 10.4. The fraction of sp³-hybridized carbons (Fsp3) is 1.00. The van der Waals surface area contributed by atoms with Crippen LogP contribution in [0.15, 0.2) is 0 Å². The Morgan fingerprint density at radius 3 is 1.83 bits per heavy atom. The van der Waals surface area contributed by atoms with E-state index in [1.54, 1.807) is 0 Å². The average molecular weight is 93.1 g/mol. The molecule has 1 atom stereocenters. The highest BCUT2D eigenvalue weighted by Gasteiger charge is 2.11. The molecule has 0 saturated carbocycles. The van der Waals surface area contributed by atoms with Gasteiger partial charge in [-0.05, 0) is 0 Å². The fourth-order valence-corrected chi connectivity index (χ4v) is 0. The van der Waals surface area contributed by atoms with Crippen LogP contribution in [-0.4, -0.2) is 21.3 Å². The van der Waals surface area contributed by atoms with Gasteiger partial charge in [0, 0.05) is 7.77 Å². The first-order valence-electron chi connectivity index (χ1n) is 2.11. The lowest BCUT2D eigenvalue weighted by Gasteiger charge is -2.08. The summed E-state index contributed by atoms with van der Waals surface area (Å²) in [5.41, 5.74) is 0. The van der Waals surface area contributed by atoms with Gasteiger partial charge in [0.15, 0.2) is 0 Å². The fourth-order valence-electron chi connectivity index (χ4n) is 0. The van der Waals surface area contributed by atoms with E-state index in [-0.39, 0.29) is 0 Å². The first-order valence-corrected chi connectivity index (χ1v) is 1.54. The van der Waals surface area contributed by atoms with Gasteiger partial charge in [-0.1, -0.05) is 6.92 Å². The highest BCUT2D eigenvalue weighted by atomic mass is 16.7. The van der Waals surface area contributed by atoms with Gasteiger partial charge in [0.05, 0.1) is 0 Å². The van der Waals surface area contributed by atoms with Crippen molar-refractivity contribution in [1.29, 1.82) is 0 Å². The molecular formula is C3H8O3. The molecule has 0 bridgehead atoms. The number of rotatable bonds is 1. The van der Waals surface area contributed by atoms with E-state index in [9.17, 15) is 0 Å². The molecule has 0 radical (unpaired) electrons. The first-order chi connectivity index (χ1) is 2.94. The van der Waals surface area contributed by atoms with Gasteiger partial charge in [0.1, 0.15) is 0 Å². The van der Waals surface area contributed by atoms with Crippen molar-refractivity contribution in [2.24, 2.45) is 0 Å². The molecule has 0 rings (SSSR count). The van der Waals surface area contributed by atoms with Crippen LogP contribution in [-0.2, 0) is 0 Å². The van der Waals surface area contributed by atoms with Crippen molar-refractivity contribution in [2.45, 2.75) is 19.3 Å². The van der Waals surface area contributed by atoms with E-state index in [0.29, 0.717) is 0 Å². The summed E-state index contributed by atoms with van der Waals surface area (Å²) in [6, 6.07) is 0. The average Bonchev–Trinajstić information content (AvgIpc) is 1.31. The second-order valence-electron chi connectivity index (χ2n) is 0.976. The topological polar surface area (TPSA) is 60.7 Å². The van der Waals surface area contributed by atoms with Crippen LogP contribution in [0.4, 0.5) is 0 Å². The molecule has 0 aromatic rings. The van der Waals surface area contributed by atoms with E-state index in [4.69, 9.17) is 16.7 Å². The zero-order valence-corrected chi connectivity index (χ0v) is 3.42. The van der Waals surface area contributed by atoms with Crippen molar-refractivity contribution in [3.8, 4) is 0 Å². The summed E-state index contributed by atoms with van der Waals surface area (Å²) in [5, 5.41) is 24.1. The van der Waals surface area contributed by atoms with E-state index in [2.05, 4.69) is 0 Å². The minimum atomic E-state index is -2.83. The van der Waals surface area contributed by atoms with Gasteiger partial charge in [-0.25, -0.2) is 0 Å². The minimum Gasteiger partial charge on any atom is -0.344 e. The summed E-state index contributed by atoms with van der Waals surface area (Å²) < 4.78 is 6.48. The Labute approximate surface area is 37.3 Å². The SMILES string of the molecule is [2H]C(C)C(O)(O)O. The lowest BCUT2D eigenvalue weighted by molar-refractivity contribution is -0.312. The number of aliphatic hydroxyl groups is 3. The lowest BCUT2D eigenvalue weighted by Crippen LogP contribution is -2.24. The Balaban J connectivity index is 3.54. The quantitative estimate of drug-likeness (QED) is 0.365. The molecule has 0 aromatic heterocycles. The number of hydrogen-bond acceptors (Lipinski definition) is 3. The van der Waals surface area contributed by atoms with Crippen LogP contribution in [0.3, 0.4) is 0 Å². The molecule has 3 nitrogen and oxygen atoms in total. The first kappa shape index (κ1) is 4.05. The Morgan fingerprint density at radius 1 is 1.67 bits per heavy atom. The van der Waals surface area contributed by atoms with Gasteiger partial charge < -0.3 is 15.3 Å². The van der Waals surface area contributed by atoms with E-state index in [1.165, 1.54) is 6.92 Å². The summed E-state index contributed by atoms with van der Waals surface area (Å²) >= 11 is 0. The molecule has 0 aliphatic heterocycles. The zero-order valence-electron chi connectivity index (χ0n) is 4.42. The van der Waals surface area contributed by atoms with Crippen LogP contribution < -0.4 is 0 Å². The molecule has 3 N–H and O–H groups in total. The molecule has 0 heterocycles. The van der Waals surface area contributed by atoms with Crippen LogP contribution in [0, 0.1) is 0 Å². The molecule has 0 spiro atoms. The third kappa shape index (κ3) is 3.88. The highest BCUT2D eigenvalue weighted by Crippen LogP contribution is 1.95. The van der Waals surface area contributed by atoms with Crippen molar-refractivity contribution in [1.82, 2.24) is 0 Å². The van der Waals surface area contributed by atoms with Crippen LogP contribution in [0.5, 0.6) is 0 Å². The highest BCUT2D eigenvalue weighted by molar-refractivity contribution is 4.35.